The van der Waals surface area contributed by atoms with E-state index >= 15 is 0 Å². The van der Waals surface area contributed by atoms with Crippen LogP contribution in [0, 0.1) is 12.7 Å². The Kier molecular flexibility index (Phi) is 4.08. The molecule has 0 aromatic heterocycles. The van der Waals surface area contributed by atoms with Gasteiger partial charge in [-0.25, -0.2) is 4.39 Å². The zero-order chi connectivity index (χ0) is 14.0. The molecule has 0 amide bonds. The normalized spacial score (nSPS) is 12.3. The lowest BCUT2D eigenvalue weighted by Gasteiger charge is -2.15. The Balaban J connectivity index is 2.41. The lowest BCUT2D eigenvalue weighted by Crippen LogP contribution is -2.09. The largest absolute Gasteiger partial charge is 0.457 e. The molecule has 100 valence electrons. The van der Waals surface area contributed by atoms with Crippen molar-refractivity contribution in [2.45, 2.75) is 19.9 Å². The highest BCUT2D eigenvalue weighted by atomic mass is 35.5. The van der Waals surface area contributed by atoms with Gasteiger partial charge in [0.25, 0.3) is 0 Å². The van der Waals surface area contributed by atoms with E-state index in [-0.39, 0.29) is 5.82 Å². The summed E-state index contributed by atoms with van der Waals surface area (Å²) in [5, 5.41) is 0.636. The molecule has 2 nitrogen and oxygen atoms in total. The SMILES string of the molecule is Cc1cc(Cl)ccc1Oc1cccc(F)c1[C@@H](C)N. The third-order valence-electron chi connectivity index (χ3n) is 2.83. The maximum absolute atomic E-state index is 13.8. The minimum Gasteiger partial charge on any atom is -0.457 e. The molecule has 0 fully saturated rings. The van der Waals surface area contributed by atoms with Crippen LogP contribution in [-0.4, -0.2) is 0 Å². The van der Waals surface area contributed by atoms with Gasteiger partial charge in [0, 0.05) is 16.6 Å². The van der Waals surface area contributed by atoms with Gasteiger partial charge in [0.1, 0.15) is 17.3 Å². The second-order valence-electron chi connectivity index (χ2n) is 4.45. The van der Waals surface area contributed by atoms with E-state index in [1.54, 1.807) is 37.3 Å². The van der Waals surface area contributed by atoms with Crippen molar-refractivity contribution in [2.24, 2.45) is 5.73 Å². The first-order valence-corrected chi connectivity index (χ1v) is 6.35. The summed E-state index contributed by atoms with van der Waals surface area (Å²) in [5.41, 5.74) is 7.04. The van der Waals surface area contributed by atoms with Crippen LogP contribution >= 0.6 is 11.6 Å². The summed E-state index contributed by atoms with van der Waals surface area (Å²) in [6.45, 7) is 3.60. The van der Waals surface area contributed by atoms with Crippen molar-refractivity contribution >= 4 is 11.6 Å². The fraction of sp³-hybridized carbons (Fsp3) is 0.200. The highest BCUT2D eigenvalue weighted by Crippen LogP contribution is 2.33. The van der Waals surface area contributed by atoms with Crippen LogP contribution in [0.4, 0.5) is 4.39 Å². The lowest BCUT2D eigenvalue weighted by atomic mass is 10.1. The van der Waals surface area contributed by atoms with Gasteiger partial charge in [-0.1, -0.05) is 17.7 Å². The average Bonchev–Trinajstić information content (AvgIpc) is 2.32. The first-order chi connectivity index (χ1) is 8.99. The van der Waals surface area contributed by atoms with Crippen molar-refractivity contribution in [3.63, 3.8) is 0 Å². The summed E-state index contributed by atoms with van der Waals surface area (Å²) < 4.78 is 19.5. The van der Waals surface area contributed by atoms with Crippen LogP contribution in [0.25, 0.3) is 0 Å². The predicted molar refractivity (Wildman–Crippen MR) is 75.3 cm³/mol. The van der Waals surface area contributed by atoms with Crippen LogP contribution < -0.4 is 10.5 Å². The number of nitrogens with two attached hydrogens (primary N) is 1. The lowest BCUT2D eigenvalue weighted by molar-refractivity contribution is 0.458. The van der Waals surface area contributed by atoms with Crippen LogP contribution in [-0.2, 0) is 0 Å². The first kappa shape index (κ1) is 13.8. The zero-order valence-electron chi connectivity index (χ0n) is 10.8. The summed E-state index contributed by atoms with van der Waals surface area (Å²) in [6, 6.07) is 9.52. The van der Waals surface area contributed by atoms with Crippen molar-refractivity contribution in [1.82, 2.24) is 0 Å². The van der Waals surface area contributed by atoms with E-state index in [9.17, 15) is 4.39 Å². The molecule has 1 atom stereocenters. The van der Waals surface area contributed by atoms with Crippen molar-refractivity contribution < 1.29 is 9.13 Å². The number of hydrogen-bond acceptors (Lipinski definition) is 2. The number of ether oxygens (including phenoxy) is 1. The molecule has 0 saturated carbocycles. The molecule has 0 aliphatic carbocycles. The predicted octanol–water partition coefficient (Wildman–Crippen LogP) is 4.60. The quantitative estimate of drug-likeness (QED) is 0.891. The number of hydrogen-bond donors (Lipinski definition) is 1. The van der Waals surface area contributed by atoms with E-state index in [1.165, 1.54) is 6.07 Å². The summed E-state index contributed by atoms with van der Waals surface area (Å²) in [6.07, 6.45) is 0. The van der Waals surface area contributed by atoms with Gasteiger partial charge >= 0.3 is 0 Å². The third kappa shape index (κ3) is 3.06. The van der Waals surface area contributed by atoms with Gasteiger partial charge in [0.05, 0.1) is 0 Å². The fourth-order valence-corrected chi connectivity index (χ4v) is 2.12. The van der Waals surface area contributed by atoms with E-state index in [1.807, 2.05) is 6.92 Å². The molecule has 2 aromatic rings. The molecule has 4 heteroatoms. The average molecular weight is 280 g/mol. The Morgan fingerprint density at radius 2 is 1.95 bits per heavy atom. The van der Waals surface area contributed by atoms with Crippen molar-refractivity contribution in [2.75, 3.05) is 0 Å². The van der Waals surface area contributed by atoms with E-state index in [2.05, 4.69) is 0 Å². The third-order valence-corrected chi connectivity index (χ3v) is 3.06. The first-order valence-electron chi connectivity index (χ1n) is 5.97. The second kappa shape index (κ2) is 5.59. The maximum Gasteiger partial charge on any atom is 0.135 e. The molecule has 0 saturated heterocycles. The Hall–Kier alpha value is -1.58. The minimum absolute atomic E-state index is 0.362. The Bertz CT molecular complexity index is 599. The van der Waals surface area contributed by atoms with Gasteiger partial charge in [-0.05, 0) is 49.7 Å². The van der Waals surface area contributed by atoms with Gasteiger partial charge in [0.2, 0.25) is 0 Å². The van der Waals surface area contributed by atoms with Crippen molar-refractivity contribution in [3.8, 4) is 11.5 Å². The highest BCUT2D eigenvalue weighted by molar-refractivity contribution is 6.30. The molecule has 0 unspecified atom stereocenters. The van der Waals surface area contributed by atoms with E-state index in [0.717, 1.165) is 5.56 Å². The van der Waals surface area contributed by atoms with Crippen LogP contribution in [0.1, 0.15) is 24.1 Å². The van der Waals surface area contributed by atoms with Crippen LogP contribution in [0.5, 0.6) is 11.5 Å². The molecule has 2 N–H and O–H groups in total. The Morgan fingerprint density at radius 3 is 2.58 bits per heavy atom. The maximum atomic E-state index is 13.8. The van der Waals surface area contributed by atoms with E-state index < -0.39 is 6.04 Å². The number of benzene rings is 2. The second-order valence-corrected chi connectivity index (χ2v) is 4.89. The molecule has 0 bridgehead atoms. The number of rotatable bonds is 3. The number of aryl methyl sites for hydroxylation is 1. The van der Waals surface area contributed by atoms with Crippen LogP contribution in [0.3, 0.4) is 0 Å². The summed E-state index contributed by atoms with van der Waals surface area (Å²) in [4.78, 5) is 0. The minimum atomic E-state index is -0.441. The zero-order valence-corrected chi connectivity index (χ0v) is 11.5. The van der Waals surface area contributed by atoms with Gasteiger partial charge < -0.3 is 10.5 Å². The molecule has 0 spiro atoms. The smallest absolute Gasteiger partial charge is 0.135 e. The molecule has 0 aliphatic heterocycles. The standard InChI is InChI=1S/C15H15ClFNO/c1-9-8-11(16)6-7-13(9)19-14-5-3-4-12(17)15(14)10(2)18/h3-8,10H,18H2,1-2H3/t10-/m1/s1. The van der Waals surface area contributed by atoms with Crippen molar-refractivity contribution in [1.29, 1.82) is 0 Å². The molecular weight excluding hydrogens is 265 g/mol. The number of halogens is 2. The van der Waals surface area contributed by atoms with Gasteiger partial charge in [0.15, 0.2) is 0 Å². The molecule has 2 aromatic carbocycles. The fourth-order valence-electron chi connectivity index (χ4n) is 1.89. The molecule has 0 heterocycles. The van der Waals surface area contributed by atoms with Crippen molar-refractivity contribution in [3.05, 3.63) is 58.4 Å². The van der Waals surface area contributed by atoms with Gasteiger partial charge in [-0.2, -0.15) is 0 Å². The summed E-state index contributed by atoms with van der Waals surface area (Å²) in [5.74, 6) is 0.705. The van der Waals surface area contributed by atoms with Crippen LogP contribution in [0.15, 0.2) is 36.4 Å². The van der Waals surface area contributed by atoms with Gasteiger partial charge in [-0.3, -0.25) is 0 Å². The van der Waals surface area contributed by atoms with E-state index in [0.29, 0.717) is 22.1 Å². The van der Waals surface area contributed by atoms with E-state index in [4.69, 9.17) is 22.1 Å². The molecular formula is C15H15ClFNO. The topological polar surface area (TPSA) is 35.2 Å². The highest BCUT2D eigenvalue weighted by Gasteiger charge is 2.14. The summed E-state index contributed by atoms with van der Waals surface area (Å²) >= 11 is 5.89. The Morgan fingerprint density at radius 1 is 1.21 bits per heavy atom. The monoisotopic (exact) mass is 279 g/mol. The van der Waals surface area contributed by atoms with Crippen LogP contribution in [0.2, 0.25) is 5.02 Å². The molecule has 2 rings (SSSR count). The molecule has 0 radical (unpaired) electrons. The Labute approximate surface area is 117 Å². The summed E-state index contributed by atoms with van der Waals surface area (Å²) in [7, 11) is 0. The molecule has 19 heavy (non-hydrogen) atoms. The molecule has 0 aliphatic rings. The van der Waals surface area contributed by atoms with Gasteiger partial charge in [-0.15, -0.1) is 0 Å².